The van der Waals surface area contributed by atoms with Crippen LogP contribution in [0.2, 0.25) is 0 Å². The molecule has 26 heavy (non-hydrogen) atoms. The lowest BCUT2D eigenvalue weighted by molar-refractivity contribution is 0.0519. The summed E-state index contributed by atoms with van der Waals surface area (Å²) in [6, 6.07) is 5.34. The molecule has 6 heteroatoms. The summed E-state index contributed by atoms with van der Waals surface area (Å²) in [5.74, 6) is 0.600. The molecule has 2 rings (SSSR count). The fraction of sp³-hybridized carbons (Fsp3) is 0.300. The predicted molar refractivity (Wildman–Crippen MR) is 99.1 cm³/mol. The van der Waals surface area contributed by atoms with Crippen molar-refractivity contribution >= 4 is 17.8 Å². The maximum Gasteiger partial charge on any atom is 0.355 e. The highest BCUT2D eigenvalue weighted by Crippen LogP contribution is 2.26. The molecule has 0 spiro atoms. The van der Waals surface area contributed by atoms with E-state index < -0.39 is 5.97 Å². The predicted octanol–water partition coefficient (Wildman–Crippen LogP) is 3.72. The van der Waals surface area contributed by atoms with Crippen LogP contribution >= 0.6 is 0 Å². The van der Waals surface area contributed by atoms with Crippen molar-refractivity contribution in [2.45, 2.75) is 20.8 Å². The van der Waals surface area contributed by atoms with Crippen molar-refractivity contribution in [3.05, 3.63) is 52.4 Å². The minimum atomic E-state index is -0.465. The third-order valence-electron chi connectivity index (χ3n) is 4.02. The van der Waals surface area contributed by atoms with Crippen molar-refractivity contribution in [2.24, 2.45) is 0 Å². The van der Waals surface area contributed by atoms with E-state index in [9.17, 15) is 9.59 Å². The maximum atomic E-state index is 12.7. The number of allylic oxidation sites excluding steroid dienone is 1. The second-order valence-electron chi connectivity index (χ2n) is 5.65. The van der Waals surface area contributed by atoms with Gasteiger partial charge in [0.1, 0.15) is 17.2 Å². The molecule has 0 fully saturated rings. The number of carbonyl (C=O) groups is 2. The molecule has 138 valence electrons. The number of aryl methyl sites for hydroxylation is 1. The first-order chi connectivity index (χ1) is 12.4. The van der Waals surface area contributed by atoms with Gasteiger partial charge in [-0.3, -0.25) is 4.79 Å². The largest absolute Gasteiger partial charge is 0.497 e. The molecule has 0 radical (unpaired) electrons. The van der Waals surface area contributed by atoms with Gasteiger partial charge in [0.15, 0.2) is 5.78 Å². The van der Waals surface area contributed by atoms with E-state index in [2.05, 4.69) is 4.98 Å². The first kappa shape index (κ1) is 19.3. The van der Waals surface area contributed by atoms with Crippen LogP contribution in [0.5, 0.6) is 11.5 Å². The van der Waals surface area contributed by atoms with E-state index >= 15 is 0 Å². The van der Waals surface area contributed by atoms with Crippen molar-refractivity contribution in [1.82, 2.24) is 4.98 Å². The van der Waals surface area contributed by atoms with Gasteiger partial charge in [0.25, 0.3) is 0 Å². The number of nitrogens with one attached hydrogen (secondary N) is 1. The van der Waals surface area contributed by atoms with Crippen LogP contribution in [0.15, 0.2) is 24.3 Å². The SMILES string of the molecule is CCOC(=O)c1[nH]c(C)c(C(=O)/C=C/c2ccc(OC)cc2OC)c1C. The molecule has 0 amide bonds. The molecule has 1 aromatic heterocycles. The van der Waals surface area contributed by atoms with Gasteiger partial charge in [0.2, 0.25) is 0 Å². The molecular formula is C20H23NO5. The van der Waals surface area contributed by atoms with Gasteiger partial charge >= 0.3 is 5.97 Å². The Kier molecular flexibility index (Phi) is 6.22. The highest BCUT2D eigenvalue weighted by molar-refractivity contribution is 6.10. The monoisotopic (exact) mass is 357 g/mol. The summed E-state index contributed by atoms with van der Waals surface area (Å²) in [6.45, 7) is 5.49. The smallest absolute Gasteiger partial charge is 0.355 e. The number of hydrogen-bond donors (Lipinski definition) is 1. The van der Waals surface area contributed by atoms with E-state index in [4.69, 9.17) is 14.2 Å². The topological polar surface area (TPSA) is 77.6 Å². The molecule has 6 nitrogen and oxygen atoms in total. The second kappa shape index (κ2) is 8.38. The van der Waals surface area contributed by atoms with Crippen molar-refractivity contribution in [3.8, 4) is 11.5 Å². The number of carbonyl (C=O) groups excluding carboxylic acids is 2. The molecule has 2 aromatic rings. The van der Waals surface area contributed by atoms with Crippen LogP contribution in [-0.2, 0) is 4.74 Å². The molecule has 0 saturated heterocycles. The van der Waals surface area contributed by atoms with Crippen LogP contribution in [0.1, 0.15) is 44.6 Å². The van der Waals surface area contributed by atoms with Gasteiger partial charge in [-0.15, -0.1) is 0 Å². The minimum Gasteiger partial charge on any atom is -0.497 e. The average molecular weight is 357 g/mol. The summed E-state index contributed by atoms with van der Waals surface area (Å²) in [5.41, 5.74) is 2.73. The van der Waals surface area contributed by atoms with Crippen LogP contribution in [0, 0.1) is 13.8 Å². The molecular weight excluding hydrogens is 334 g/mol. The number of aromatic amines is 1. The van der Waals surface area contributed by atoms with Gasteiger partial charge in [0, 0.05) is 22.9 Å². The average Bonchev–Trinajstić information content (AvgIpc) is 2.94. The zero-order valence-electron chi connectivity index (χ0n) is 15.6. The highest BCUT2D eigenvalue weighted by atomic mass is 16.5. The molecule has 0 bridgehead atoms. The molecule has 1 aromatic carbocycles. The number of methoxy groups -OCH3 is 2. The Morgan fingerprint density at radius 1 is 1.15 bits per heavy atom. The Balaban J connectivity index is 2.31. The first-order valence-corrected chi connectivity index (χ1v) is 8.23. The summed E-state index contributed by atoms with van der Waals surface area (Å²) in [7, 11) is 3.13. The van der Waals surface area contributed by atoms with Crippen molar-refractivity contribution < 1.29 is 23.8 Å². The number of aromatic nitrogens is 1. The lowest BCUT2D eigenvalue weighted by atomic mass is 10.0. The molecule has 0 aliphatic heterocycles. The number of H-pyrrole nitrogens is 1. The van der Waals surface area contributed by atoms with Crippen LogP contribution in [-0.4, -0.2) is 37.6 Å². The van der Waals surface area contributed by atoms with Crippen molar-refractivity contribution in [3.63, 3.8) is 0 Å². The lowest BCUT2D eigenvalue weighted by Gasteiger charge is -2.07. The van der Waals surface area contributed by atoms with Gasteiger partial charge in [-0.25, -0.2) is 4.79 Å². The quantitative estimate of drug-likeness (QED) is 0.464. The maximum absolute atomic E-state index is 12.7. The number of ketones is 1. The number of hydrogen-bond acceptors (Lipinski definition) is 5. The van der Waals surface area contributed by atoms with Crippen LogP contribution in [0.4, 0.5) is 0 Å². The molecule has 0 atom stereocenters. The van der Waals surface area contributed by atoms with Gasteiger partial charge in [0.05, 0.1) is 20.8 Å². The van der Waals surface area contributed by atoms with Crippen LogP contribution in [0.3, 0.4) is 0 Å². The van der Waals surface area contributed by atoms with E-state index in [1.54, 1.807) is 53.2 Å². The Bertz CT molecular complexity index is 848. The molecule has 1 heterocycles. The number of ether oxygens (including phenoxy) is 3. The van der Waals surface area contributed by atoms with Gasteiger partial charge in [-0.1, -0.05) is 0 Å². The minimum absolute atomic E-state index is 0.204. The number of rotatable bonds is 7. The number of benzene rings is 1. The van der Waals surface area contributed by atoms with Crippen LogP contribution in [0.25, 0.3) is 6.08 Å². The van der Waals surface area contributed by atoms with Crippen molar-refractivity contribution in [1.29, 1.82) is 0 Å². The third kappa shape index (κ3) is 3.96. The summed E-state index contributed by atoms with van der Waals surface area (Å²) in [6.07, 6.45) is 3.14. The molecule has 0 saturated carbocycles. The zero-order chi connectivity index (χ0) is 19.3. The van der Waals surface area contributed by atoms with E-state index in [-0.39, 0.29) is 12.4 Å². The van der Waals surface area contributed by atoms with Gasteiger partial charge < -0.3 is 19.2 Å². The van der Waals surface area contributed by atoms with E-state index in [0.717, 1.165) is 5.56 Å². The summed E-state index contributed by atoms with van der Waals surface area (Å²) in [4.78, 5) is 27.6. The van der Waals surface area contributed by atoms with E-state index in [1.165, 1.54) is 6.08 Å². The summed E-state index contributed by atoms with van der Waals surface area (Å²) < 4.78 is 15.5. The Labute approximate surface area is 152 Å². The van der Waals surface area contributed by atoms with Gasteiger partial charge in [-0.05, 0) is 50.6 Å². The second-order valence-corrected chi connectivity index (χ2v) is 5.65. The normalized spacial score (nSPS) is 10.8. The van der Waals surface area contributed by atoms with Crippen molar-refractivity contribution in [2.75, 3.05) is 20.8 Å². The lowest BCUT2D eigenvalue weighted by Crippen LogP contribution is -2.07. The van der Waals surface area contributed by atoms with E-state index in [0.29, 0.717) is 34.0 Å². The Hall–Kier alpha value is -3.02. The summed E-state index contributed by atoms with van der Waals surface area (Å²) in [5, 5.41) is 0. The number of esters is 1. The fourth-order valence-electron chi connectivity index (χ4n) is 2.73. The Morgan fingerprint density at radius 2 is 1.88 bits per heavy atom. The summed E-state index contributed by atoms with van der Waals surface area (Å²) >= 11 is 0. The molecule has 1 N–H and O–H groups in total. The Morgan fingerprint density at radius 3 is 2.50 bits per heavy atom. The first-order valence-electron chi connectivity index (χ1n) is 8.23. The highest BCUT2D eigenvalue weighted by Gasteiger charge is 2.21. The van der Waals surface area contributed by atoms with E-state index in [1.807, 2.05) is 6.07 Å². The zero-order valence-corrected chi connectivity index (χ0v) is 15.6. The molecule has 0 aliphatic carbocycles. The fourth-order valence-corrected chi connectivity index (χ4v) is 2.73. The third-order valence-corrected chi connectivity index (χ3v) is 4.02. The standard InChI is InChI=1S/C20H23NO5/c1-6-26-20(23)19-12(2)18(13(3)21-19)16(22)10-8-14-7-9-15(24-4)11-17(14)25-5/h7-11,21H,6H2,1-5H3/b10-8+. The molecule has 0 unspecified atom stereocenters. The van der Waals surface area contributed by atoms with Crippen LogP contribution < -0.4 is 9.47 Å². The molecule has 0 aliphatic rings. The van der Waals surface area contributed by atoms with Gasteiger partial charge in [-0.2, -0.15) is 0 Å².